The topological polar surface area (TPSA) is 94.9 Å². The number of H-pyrrole nitrogens is 1. The number of ether oxygens (including phenoxy) is 3. The van der Waals surface area contributed by atoms with Crippen molar-refractivity contribution in [3.8, 4) is 11.5 Å². The van der Waals surface area contributed by atoms with E-state index >= 15 is 0 Å². The number of hydrogen-bond acceptors (Lipinski definition) is 7. The standard InChI is InChI=1S/C32H27N3O5S/c1-4-40-31(37)26-27(19-11-6-5-7-12-19)34-32-35(28(26)22-14-10-16-24(38-2)29(22)39-3)30(36)25(41-32)17-20-18-33-23-15-9-8-13-21(20)23/h5-18,28,33H,4H2,1-3H3/b25-17-/t28-/m1/s1. The van der Waals surface area contributed by atoms with Gasteiger partial charge in [-0.3, -0.25) is 9.36 Å². The number of nitrogens with zero attached hydrogens (tertiary/aromatic N) is 2. The quantitative estimate of drug-likeness (QED) is 0.295. The highest BCUT2D eigenvalue weighted by molar-refractivity contribution is 7.07. The second kappa shape index (κ2) is 10.9. The number of aromatic amines is 1. The van der Waals surface area contributed by atoms with E-state index in [0.717, 1.165) is 22.0 Å². The van der Waals surface area contributed by atoms with Crippen LogP contribution in [0.3, 0.4) is 0 Å². The Balaban J connectivity index is 1.69. The highest BCUT2D eigenvalue weighted by atomic mass is 32.1. The van der Waals surface area contributed by atoms with E-state index in [1.54, 1.807) is 24.7 Å². The summed E-state index contributed by atoms with van der Waals surface area (Å²) in [5.41, 5.74) is 3.59. The molecule has 6 rings (SSSR count). The van der Waals surface area contributed by atoms with Crippen LogP contribution in [0.25, 0.3) is 22.7 Å². The predicted molar refractivity (Wildman–Crippen MR) is 159 cm³/mol. The van der Waals surface area contributed by atoms with Crippen molar-refractivity contribution in [2.24, 2.45) is 4.99 Å². The summed E-state index contributed by atoms with van der Waals surface area (Å²) < 4.78 is 19.0. The minimum absolute atomic E-state index is 0.164. The van der Waals surface area contributed by atoms with Crippen LogP contribution < -0.4 is 24.4 Å². The smallest absolute Gasteiger partial charge is 0.338 e. The van der Waals surface area contributed by atoms with Crippen LogP contribution in [-0.4, -0.2) is 36.3 Å². The molecule has 1 atom stereocenters. The molecular formula is C32H27N3O5S. The predicted octanol–water partition coefficient (Wildman–Crippen LogP) is 4.43. The number of nitrogens with one attached hydrogen (secondary N) is 1. The molecule has 8 nitrogen and oxygen atoms in total. The van der Waals surface area contributed by atoms with E-state index in [-0.39, 0.29) is 17.7 Å². The second-order valence-electron chi connectivity index (χ2n) is 9.30. The number of para-hydroxylation sites is 2. The molecule has 0 aliphatic carbocycles. The van der Waals surface area contributed by atoms with Crippen molar-refractivity contribution in [2.75, 3.05) is 20.8 Å². The molecule has 5 aromatic rings. The Labute approximate surface area is 239 Å². The van der Waals surface area contributed by atoms with Gasteiger partial charge in [-0.05, 0) is 25.1 Å². The van der Waals surface area contributed by atoms with Gasteiger partial charge in [0.2, 0.25) is 0 Å². The summed E-state index contributed by atoms with van der Waals surface area (Å²) >= 11 is 1.27. The number of rotatable bonds is 7. The number of aromatic nitrogens is 2. The molecular weight excluding hydrogens is 538 g/mol. The molecule has 0 amide bonds. The van der Waals surface area contributed by atoms with Gasteiger partial charge in [-0.1, -0.05) is 72.0 Å². The lowest BCUT2D eigenvalue weighted by Gasteiger charge is -2.27. The lowest BCUT2D eigenvalue weighted by molar-refractivity contribution is -0.138. The highest BCUT2D eigenvalue weighted by Crippen LogP contribution is 2.42. The fourth-order valence-corrected chi connectivity index (χ4v) is 6.21. The molecule has 1 aliphatic rings. The van der Waals surface area contributed by atoms with Crippen LogP contribution in [0.5, 0.6) is 11.5 Å². The molecule has 206 valence electrons. The van der Waals surface area contributed by atoms with E-state index in [9.17, 15) is 9.59 Å². The van der Waals surface area contributed by atoms with Gasteiger partial charge in [0.25, 0.3) is 5.56 Å². The van der Waals surface area contributed by atoms with Gasteiger partial charge in [0, 0.05) is 33.8 Å². The maximum Gasteiger partial charge on any atom is 0.338 e. The van der Waals surface area contributed by atoms with Crippen molar-refractivity contribution < 1.29 is 19.0 Å². The van der Waals surface area contributed by atoms with Crippen molar-refractivity contribution in [3.63, 3.8) is 0 Å². The van der Waals surface area contributed by atoms with Crippen LogP contribution >= 0.6 is 11.3 Å². The Morgan fingerprint density at radius 1 is 1.02 bits per heavy atom. The van der Waals surface area contributed by atoms with E-state index in [1.807, 2.05) is 79.0 Å². The minimum atomic E-state index is -0.879. The molecule has 0 bridgehead atoms. The number of hydrogen-bond donors (Lipinski definition) is 1. The van der Waals surface area contributed by atoms with E-state index in [0.29, 0.717) is 32.1 Å². The van der Waals surface area contributed by atoms with Gasteiger partial charge in [-0.15, -0.1) is 0 Å². The zero-order chi connectivity index (χ0) is 28.5. The van der Waals surface area contributed by atoms with Crippen LogP contribution in [-0.2, 0) is 9.53 Å². The zero-order valence-corrected chi connectivity index (χ0v) is 23.5. The third-order valence-corrected chi connectivity index (χ3v) is 7.99. The van der Waals surface area contributed by atoms with Gasteiger partial charge in [0.1, 0.15) is 6.04 Å². The Kier molecular flexibility index (Phi) is 7.03. The van der Waals surface area contributed by atoms with Crippen LogP contribution in [0.1, 0.15) is 29.7 Å². The molecule has 3 aromatic carbocycles. The van der Waals surface area contributed by atoms with E-state index in [1.165, 1.54) is 18.4 Å². The monoisotopic (exact) mass is 565 g/mol. The third-order valence-electron chi connectivity index (χ3n) is 7.01. The SMILES string of the molecule is CCOC(=O)C1=C(c2ccccc2)N=c2s/c(=C\c3c[nH]c4ccccc34)c(=O)n2[C@@H]1c1cccc(OC)c1OC. The van der Waals surface area contributed by atoms with Crippen LogP contribution in [0.15, 0.2) is 94.4 Å². The average Bonchev–Trinajstić information content (AvgIpc) is 3.56. The van der Waals surface area contributed by atoms with Gasteiger partial charge < -0.3 is 19.2 Å². The number of esters is 1. The molecule has 0 unspecified atom stereocenters. The molecule has 0 saturated heterocycles. The number of carbonyl (C=O) groups is 1. The number of fused-ring (bicyclic) bond motifs is 2. The highest BCUT2D eigenvalue weighted by Gasteiger charge is 2.37. The molecule has 1 aliphatic heterocycles. The second-order valence-corrected chi connectivity index (χ2v) is 10.3. The van der Waals surface area contributed by atoms with Crippen molar-refractivity contribution in [1.29, 1.82) is 0 Å². The first-order chi connectivity index (χ1) is 20.0. The summed E-state index contributed by atoms with van der Waals surface area (Å²) in [6, 6.07) is 21.9. The summed E-state index contributed by atoms with van der Waals surface area (Å²) in [5.74, 6) is 0.339. The van der Waals surface area contributed by atoms with Crippen molar-refractivity contribution in [1.82, 2.24) is 9.55 Å². The maximum absolute atomic E-state index is 14.2. The van der Waals surface area contributed by atoms with Crippen molar-refractivity contribution >= 4 is 40.0 Å². The Hall–Kier alpha value is -4.89. The summed E-state index contributed by atoms with van der Waals surface area (Å²) in [5, 5.41) is 1.00. The molecule has 2 aromatic heterocycles. The first-order valence-corrected chi connectivity index (χ1v) is 13.9. The fraction of sp³-hybridized carbons (Fsp3) is 0.156. The van der Waals surface area contributed by atoms with Gasteiger partial charge in [-0.2, -0.15) is 0 Å². The average molecular weight is 566 g/mol. The van der Waals surface area contributed by atoms with E-state index in [2.05, 4.69) is 4.98 Å². The number of thiazole rings is 1. The van der Waals surface area contributed by atoms with Gasteiger partial charge in [-0.25, -0.2) is 9.79 Å². The number of methoxy groups -OCH3 is 2. The molecule has 41 heavy (non-hydrogen) atoms. The van der Waals surface area contributed by atoms with Crippen LogP contribution in [0.2, 0.25) is 0 Å². The molecule has 0 saturated carbocycles. The molecule has 9 heteroatoms. The lowest BCUT2D eigenvalue weighted by Crippen LogP contribution is -2.40. The Morgan fingerprint density at radius 3 is 2.56 bits per heavy atom. The first-order valence-electron chi connectivity index (χ1n) is 13.1. The first kappa shape index (κ1) is 26.3. The Bertz CT molecular complexity index is 1990. The number of carbonyl (C=O) groups excluding carboxylic acids is 1. The minimum Gasteiger partial charge on any atom is -0.493 e. The zero-order valence-electron chi connectivity index (χ0n) is 22.7. The number of benzene rings is 3. The van der Waals surface area contributed by atoms with Gasteiger partial charge >= 0.3 is 5.97 Å². The lowest BCUT2D eigenvalue weighted by atomic mass is 9.92. The van der Waals surface area contributed by atoms with Crippen molar-refractivity contribution in [2.45, 2.75) is 13.0 Å². The normalized spacial score (nSPS) is 15.0. The third kappa shape index (κ3) is 4.54. The largest absolute Gasteiger partial charge is 0.493 e. The van der Waals surface area contributed by atoms with E-state index < -0.39 is 12.0 Å². The van der Waals surface area contributed by atoms with E-state index in [4.69, 9.17) is 19.2 Å². The molecule has 0 fully saturated rings. The fourth-order valence-electron chi connectivity index (χ4n) is 5.22. The Morgan fingerprint density at radius 2 is 1.80 bits per heavy atom. The van der Waals surface area contributed by atoms with Gasteiger partial charge in [0.15, 0.2) is 16.3 Å². The summed E-state index contributed by atoms with van der Waals surface area (Å²) in [7, 11) is 3.08. The van der Waals surface area contributed by atoms with Crippen molar-refractivity contribution in [3.05, 3.63) is 121 Å². The van der Waals surface area contributed by atoms with Crippen LogP contribution in [0, 0.1) is 0 Å². The molecule has 0 spiro atoms. The maximum atomic E-state index is 14.2. The summed E-state index contributed by atoms with van der Waals surface area (Å²) in [6.07, 6.45) is 3.74. The summed E-state index contributed by atoms with van der Waals surface area (Å²) in [4.78, 5) is 36.5. The molecule has 3 heterocycles. The summed E-state index contributed by atoms with van der Waals surface area (Å²) in [6.45, 7) is 1.91. The van der Waals surface area contributed by atoms with Crippen LogP contribution in [0.4, 0.5) is 0 Å². The molecule has 0 radical (unpaired) electrons. The molecule has 1 N–H and O–H groups in total. The van der Waals surface area contributed by atoms with Gasteiger partial charge in [0.05, 0.1) is 36.6 Å².